The van der Waals surface area contributed by atoms with E-state index >= 15 is 0 Å². The van der Waals surface area contributed by atoms with E-state index in [0.717, 1.165) is 26.1 Å². The zero-order valence-electron chi connectivity index (χ0n) is 14.6. The van der Waals surface area contributed by atoms with Gasteiger partial charge in [-0.15, -0.1) is 0 Å². The van der Waals surface area contributed by atoms with Crippen LogP contribution in [-0.2, 0) is 4.74 Å². The first kappa shape index (κ1) is 17.9. The summed E-state index contributed by atoms with van der Waals surface area (Å²) in [5, 5.41) is 3.63. The molecule has 0 amide bonds. The van der Waals surface area contributed by atoms with Gasteiger partial charge in [0, 0.05) is 24.1 Å². The van der Waals surface area contributed by atoms with E-state index in [9.17, 15) is 0 Å². The van der Waals surface area contributed by atoms with Crippen molar-refractivity contribution < 1.29 is 4.74 Å². The van der Waals surface area contributed by atoms with Gasteiger partial charge in [0.1, 0.15) is 0 Å². The fraction of sp³-hybridized carbons (Fsp3) is 1.00. The van der Waals surface area contributed by atoms with Crippen molar-refractivity contribution in [1.29, 1.82) is 0 Å². The first-order valence-corrected chi connectivity index (χ1v) is 8.27. The van der Waals surface area contributed by atoms with Gasteiger partial charge in [0.05, 0.1) is 6.10 Å². The van der Waals surface area contributed by atoms with Gasteiger partial charge >= 0.3 is 0 Å². The highest BCUT2D eigenvalue weighted by Gasteiger charge is 2.58. The second-order valence-electron chi connectivity index (χ2n) is 7.81. The van der Waals surface area contributed by atoms with Gasteiger partial charge in [-0.2, -0.15) is 0 Å². The highest BCUT2D eigenvalue weighted by atomic mass is 16.5. The lowest BCUT2D eigenvalue weighted by Crippen LogP contribution is -2.73. The minimum absolute atomic E-state index is 0.0567. The Hall–Kier alpha value is -0.120. The lowest BCUT2D eigenvalue weighted by molar-refractivity contribution is -0.148. The largest absolute Gasteiger partial charge is 0.378 e. The fourth-order valence-corrected chi connectivity index (χ4v) is 3.51. The zero-order valence-corrected chi connectivity index (χ0v) is 14.6. The fourth-order valence-electron chi connectivity index (χ4n) is 3.51. The molecule has 1 saturated carbocycles. The molecule has 1 fully saturated rings. The minimum atomic E-state index is -0.134. The van der Waals surface area contributed by atoms with Crippen LogP contribution in [0.5, 0.6) is 0 Å². The quantitative estimate of drug-likeness (QED) is 0.720. The molecule has 0 aliphatic heterocycles. The van der Waals surface area contributed by atoms with Crippen LogP contribution < -0.4 is 11.1 Å². The van der Waals surface area contributed by atoms with Crippen molar-refractivity contribution >= 4 is 0 Å². The maximum atomic E-state index is 6.60. The van der Waals surface area contributed by atoms with Crippen molar-refractivity contribution in [2.24, 2.45) is 28.9 Å². The molecule has 0 aromatic rings. The summed E-state index contributed by atoms with van der Waals surface area (Å²) >= 11 is 0. The summed E-state index contributed by atoms with van der Waals surface area (Å²) in [5.74, 6) is 2.13. The molecule has 120 valence electrons. The third kappa shape index (κ3) is 3.55. The second kappa shape index (κ2) is 6.76. The molecule has 3 heteroatoms. The number of rotatable bonds is 8. The Labute approximate surface area is 126 Å². The standard InChI is InChI=1S/C17H36N2O/c1-8-20-15-9-17(18,16(15,6)7)11-19-10-14(12(2)3)13(4)5/h12-15,19H,8-11,18H2,1-7H3. The molecule has 3 N–H and O–H groups in total. The molecule has 2 unspecified atom stereocenters. The average molecular weight is 284 g/mol. The Morgan fingerprint density at radius 2 is 1.75 bits per heavy atom. The van der Waals surface area contributed by atoms with Crippen LogP contribution in [0.15, 0.2) is 0 Å². The van der Waals surface area contributed by atoms with Crippen LogP contribution in [-0.4, -0.2) is 31.3 Å². The van der Waals surface area contributed by atoms with E-state index in [1.165, 1.54) is 0 Å². The molecule has 20 heavy (non-hydrogen) atoms. The topological polar surface area (TPSA) is 47.3 Å². The van der Waals surface area contributed by atoms with Crippen molar-refractivity contribution in [2.45, 2.75) is 66.5 Å². The van der Waals surface area contributed by atoms with Crippen molar-refractivity contribution in [2.75, 3.05) is 19.7 Å². The van der Waals surface area contributed by atoms with Gasteiger partial charge in [-0.3, -0.25) is 0 Å². The van der Waals surface area contributed by atoms with E-state index in [-0.39, 0.29) is 11.0 Å². The van der Waals surface area contributed by atoms with Gasteiger partial charge < -0.3 is 15.8 Å². The molecular formula is C17H36N2O. The van der Waals surface area contributed by atoms with Crippen LogP contribution in [0.4, 0.5) is 0 Å². The average Bonchev–Trinajstić information content (AvgIpc) is 2.33. The van der Waals surface area contributed by atoms with Crippen molar-refractivity contribution in [1.82, 2.24) is 5.32 Å². The molecule has 0 aromatic heterocycles. The van der Waals surface area contributed by atoms with E-state index in [4.69, 9.17) is 10.5 Å². The second-order valence-corrected chi connectivity index (χ2v) is 7.81. The maximum Gasteiger partial charge on any atom is 0.0662 e. The highest BCUT2D eigenvalue weighted by molar-refractivity contribution is 5.14. The molecule has 3 nitrogen and oxygen atoms in total. The lowest BCUT2D eigenvalue weighted by Gasteiger charge is -2.59. The van der Waals surface area contributed by atoms with Gasteiger partial charge in [0.25, 0.3) is 0 Å². The molecule has 1 aliphatic carbocycles. The Kier molecular flexibility index (Phi) is 6.06. The Morgan fingerprint density at radius 1 is 1.20 bits per heavy atom. The van der Waals surface area contributed by atoms with Crippen LogP contribution in [0.1, 0.15) is 54.9 Å². The van der Waals surface area contributed by atoms with Gasteiger partial charge in [-0.1, -0.05) is 41.5 Å². The van der Waals surface area contributed by atoms with Gasteiger partial charge in [-0.25, -0.2) is 0 Å². The molecule has 0 spiro atoms. The van der Waals surface area contributed by atoms with Crippen LogP contribution in [0.3, 0.4) is 0 Å². The minimum Gasteiger partial charge on any atom is -0.378 e. The Balaban J connectivity index is 2.46. The van der Waals surface area contributed by atoms with Crippen LogP contribution in [0.25, 0.3) is 0 Å². The molecule has 0 heterocycles. The molecular weight excluding hydrogens is 248 g/mol. The molecule has 2 atom stereocenters. The number of hydrogen-bond donors (Lipinski definition) is 2. The van der Waals surface area contributed by atoms with Crippen molar-refractivity contribution in [3.05, 3.63) is 0 Å². The van der Waals surface area contributed by atoms with Crippen LogP contribution in [0.2, 0.25) is 0 Å². The summed E-state index contributed by atoms with van der Waals surface area (Å²) in [7, 11) is 0. The number of hydrogen-bond acceptors (Lipinski definition) is 3. The van der Waals surface area contributed by atoms with Crippen LogP contribution >= 0.6 is 0 Å². The van der Waals surface area contributed by atoms with E-state index in [2.05, 4.69) is 53.8 Å². The molecule has 0 bridgehead atoms. The van der Waals surface area contributed by atoms with E-state index < -0.39 is 0 Å². The molecule has 1 rings (SSSR count). The monoisotopic (exact) mass is 284 g/mol. The normalized spacial score (nSPS) is 29.2. The Morgan fingerprint density at radius 3 is 2.15 bits per heavy atom. The summed E-state index contributed by atoms with van der Waals surface area (Å²) in [4.78, 5) is 0. The summed E-state index contributed by atoms with van der Waals surface area (Å²) in [6.45, 7) is 18.5. The predicted octanol–water partition coefficient (Wildman–Crippen LogP) is 3.04. The number of ether oxygens (including phenoxy) is 1. The maximum absolute atomic E-state index is 6.60. The molecule has 0 saturated heterocycles. The van der Waals surface area contributed by atoms with E-state index in [0.29, 0.717) is 23.9 Å². The third-order valence-electron chi connectivity index (χ3n) is 5.54. The first-order valence-electron chi connectivity index (χ1n) is 8.27. The number of nitrogens with one attached hydrogen (secondary N) is 1. The van der Waals surface area contributed by atoms with Gasteiger partial charge in [-0.05, 0) is 37.6 Å². The summed E-state index contributed by atoms with van der Waals surface area (Å²) in [6.07, 6.45) is 1.28. The summed E-state index contributed by atoms with van der Waals surface area (Å²) in [6, 6.07) is 0. The summed E-state index contributed by atoms with van der Waals surface area (Å²) < 4.78 is 5.78. The van der Waals surface area contributed by atoms with Gasteiger partial charge in [0.2, 0.25) is 0 Å². The number of nitrogens with two attached hydrogens (primary N) is 1. The SMILES string of the molecule is CCOC1CC(N)(CNCC(C(C)C)C(C)C)C1(C)C. The van der Waals surface area contributed by atoms with E-state index in [1.54, 1.807) is 0 Å². The third-order valence-corrected chi connectivity index (χ3v) is 5.54. The lowest BCUT2D eigenvalue weighted by atomic mass is 9.54. The molecule has 0 radical (unpaired) electrons. The molecule has 0 aromatic carbocycles. The smallest absolute Gasteiger partial charge is 0.0662 e. The van der Waals surface area contributed by atoms with Crippen LogP contribution in [0, 0.1) is 23.2 Å². The van der Waals surface area contributed by atoms with E-state index in [1.807, 2.05) is 0 Å². The van der Waals surface area contributed by atoms with Crippen molar-refractivity contribution in [3.8, 4) is 0 Å². The first-order chi connectivity index (χ1) is 9.15. The van der Waals surface area contributed by atoms with Gasteiger partial charge in [0.15, 0.2) is 0 Å². The highest BCUT2D eigenvalue weighted by Crippen LogP contribution is 2.49. The molecule has 1 aliphatic rings. The summed E-state index contributed by atoms with van der Waals surface area (Å²) in [5.41, 5.74) is 6.52. The Bertz CT molecular complexity index is 293. The predicted molar refractivity (Wildman–Crippen MR) is 86.8 cm³/mol. The zero-order chi connectivity index (χ0) is 15.6. The van der Waals surface area contributed by atoms with Crippen molar-refractivity contribution in [3.63, 3.8) is 0 Å².